The van der Waals surface area contributed by atoms with E-state index in [0.29, 0.717) is 0 Å². The molecular formula is C9H20N2. The van der Waals surface area contributed by atoms with Crippen LogP contribution in [0.3, 0.4) is 0 Å². The summed E-state index contributed by atoms with van der Waals surface area (Å²) in [4.78, 5) is 6.60. The standard InChI is InChI=1S/C9H20N2/c1-5-9(10-6-2)7-8-11(3)4/h5-8H2,1-4H3. The van der Waals surface area contributed by atoms with Crippen molar-refractivity contribution in [1.82, 2.24) is 4.90 Å². The average molecular weight is 156 g/mol. The van der Waals surface area contributed by atoms with Crippen molar-refractivity contribution in [2.24, 2.45) is 4.99 Å². The monoisotopic (exact) mass is 156 g/mol. The van der Waals surface area contributed by atoms with E-state index in [-0.39, 0.29) is 0 Å². The van der Waals surface area contributed by atoms with Crippen molar-refractivity contribution in [3.8, 4) is 0 Å². The lowest BCUT2D eigenvalue weighted by atomic mass is 10.2. The van der Waals surface area contributed by atoms with Gasteiger partial charge in [0.15, 0.2) is 0 Å². The third-order valence-electron chi connectivity index (χ3n) is 1.64. The van der Waals surface area contributed by atoms with Gasteiger partial charge in [0, 0.05) is 18.8 Å². The summed E-state index contributed by atoms with van der Waals surface area (Å²) in [6.45, 7) is 6.30. The van der Waals surface area contributed by atoms with Crippen molar-refractivity contribution >= 4 is 5.71 Å². The summed E-state index contributed by atoms with van der Waals surface area (Å²) < 4.78 is 0. The first-order valence-corrected chi connectivity index (χ1v) is 4.37. The summed E-state index contributed by atoms with van der Waals surface area (Å²) in [7, 11) is 4.19. The molecule has 0 atom stereocenters. The molecule has 0 saturated heterocycles. The highest BCUT2D eigenvalue weighted by Gasteiger charge is 1.96. The first kappa shape index (κ1) is 10.6. The predicted octanol–water partition coefficient (Wildman–Crippen LogP) is 1.81. The molecule has 0 heterocycles. The molecule has 0 unspecified atom stereocenters. The lowest BCUT2D eigenvalue weighted by Gasteiger charge is -2.09. The van der Waals surface area contributed by atoms with Gasteiger partial charge in [-0.1, -0.05) is 6.92 Å². The molecule has 0 aliphatic heterocycles. The smallest absolute Gasteiger partial charge is 0.0360 e. The highest BCUT2D eigenvalue weighted by molar-refractivity contribution is 5.84. The van der Waals surface area contributed by atoms with E-state index in [2.05, 4.69) is 37.8 Å². The first-order chi connectivity index (χ1) is 5.20. The average Bonchev–Trinajstić information content (AvgIpc) is 1.97. The van der Waals surface area contributed by atoms with Crippen LogP contribution in [-0.2, 0) is 0 Å². The molecular weight excluding hydrogens is 136 g/mol. The molecule has 0 amide bonds. The van der Waals surface area contributed by atoms with E-state index < -0.39 is 0 Å². The maximum absolute atomic E-state index is 4.40. The Morgan fingerprint density at radius 1 is 1.27 bits per heavy atom. The Labute approximate surface area is 70.3 Å². The number of rotatable bonds is 5. The summed E-state index contributed by atoms with van der Waals surface area (Å²) in [6, 6.07) is 0. The van der Waals surface area contributed by atoms with Crippen LogP contribution in [0.25, 0.3) is 0 Å². The van der Waals surface area contributed by atoms with Crippen LogP contribution < -0.4 is 0 Å². The van der Waals surface area contributed by atoms with Gasteiger partial charge in [0.25, 0.3) is 0 Å². The van der Waals surface area contributed by atoms with Gasteiger partial charge in [-0.25, -0.2) is 0 Å². The highest BCUT2D eigenvalue weighted by Crippen LogP contribution is 1.94. The molecule has 0 spiro atoms. The van der Waals surface area contributed by atoms with Gasteiger partial charge < -0.3 is 4.90 Å². The molecule has 2 nitrogen and oxygen atoms in total. The van der Waals surface area contributed by atoms with E-state index in [0.717, 1.165) is 25.9 Å². The SMILES string of the molecule is CCN=C(CC)CCN(C)C. The zero-order valence-electron chi connectivity index (χ0n) is 8.22. The predicted molar refractivity (Wildman–Crippen MR) is 51.4 cm³/mol. The third kappa shape index (κ3) is 6.05. The Balaban J connectivity index is 3.61. The molecule has 0 N–H and O–H groups in total. The number of hydrogen-bond acceptors (Lipinski definition) is 2. The first-order valence-electron chi connectivity index (χ1n) is 4.37. The lowest BCUT2D eigenvalue weighted by Crippen LogP contribution is -2.16. The third-order valence-corrected chi connectivity index (χ3v) is 1.64. The molecule has 2 heteroatoms. The zero-order valence-corrected chi connectivity index (χ0v) is 8.22. The topological polar surface area (TPSA) is 15.6 Å². The summed E-state index contributed by atoms with van der Waals surface area (Å²) in [6.07, 6.45) is 2.22. The summed E-state index contributed by atoms with van der Waals surface area (Å²) in [5.74, 6) is 0. The lowest BCUT2D eigenvalue weighted by molar-refractivity contribution is 0.421. The molecule has 0 bridgehead atoms. The van der Waals surface area contributed by atoms with Crippen molar-refractivity contribution in [2.45, 2.75) is 26.7 Å². The Morgan fingerprint density at radius 3 is 2.27 bits per heavy atom. The minimum atomic E-state index is 0.927. The summed E-state index contributed by atoms with van der Waals surface area (Å²) >= 11 is 0. The quantitative estimate of drug-likeness (QED) is 0.554. The largest absolute Gasteiger partial charge is 0.309 e. The van der Waals surface area contributed by atoms with Gasteiger partial charge in [-0.2, -0.15) is 0 Å². The fourth-order valence-corrected chi connectivity index (χ4v) is 0.944. The molecule has 0 aromatic carbocycles. The van der Waals surface area contributed by atoms with Gasteiger partial charge in [-0.3, -0.25) is 4.99 Å². The second kappa shape index (κ2) is 6.35. The normalized spacial score (nSPS) is 12.6. The molecule has 0 saturated carbocycles. The number of nitrogens with zero attached hydrogens (tertiary/aromatic N) is 2. The van der Waals surface area contributed by atoms with E-state index in [1.54, 1.807) is 0 Å². The van der Waals surface area contributed by atoms with Crippen molar-refractivity contribution in [3.05, 3.63) is 0 Å². The molecule has 0 aliphatic rings. The van der Waals surface area contributed by atoms with Crippen LogP contribution in [0.15, 0.2) is 4.99 Å². The van der Waals surface area contributed by atoms with Crippen LogP contribution in [0, 0.1) is 0 Å². The van der Waals surface area contributed by atoms with Crippen molar-refractivity contribution < 1.29 is 0 Å². The molecule has 0 radical (unpaired) electrons. The Hall–Kier alpha value is -0.370. The van der Waals surface area contributed by atoms with Gasteiger partial charge in [0.2, 0.25) is 0 Å². The minimum Gasteiger partial charge on any atom is -0.309 e. The number of hydrogen-bond donors (Lipinski definition) is 0. The van der Waals surface area contributed by atoms with Gasteiger partial charge >= 0.3 is 0 Å². The van der Waals surface area contributed by atoms with E-state index in [9.17, 15) is 0 Å². The Morgan fingerprint density at radius 2 is 1.91 bits per heavy atom. The van der Waals surface area contributed by atoms with Crippen LogP contribution in [0.1, 0.15) is 26.7 Å². The summed E-state index contributed by atoms with van der Waals surface area (Å²) in [5.41, 5.74) is 1.35. The Kier molecular flexibility index (Phi) is 6.13. The molecule has 0 aromatic heterocycles. The van der Waals surface area contributed by atoms with E-state index in [1.165, 1.54) is 5.71 Å². The van der Waals surface area contributed by atoms with Crippen molar-refractivity contribution in [3.63, 3.8) is 0 Å². The maximum Gasteiger partial charge on any atom is 0.0360 e. The molecule has 0 rings (SSSR count). The Bertz CT molecular complexity index is 117. The van der Waals surface area contributed by atoms with Crippen LogP contribution in [0.4, 0.5) is 0 Å². The fourth-order valence-electron chi connectivity index (χ4n) is 0.944. The van der Waals surface area contributed by atoms with Gasteiger partial charge in [0.1, 0.15) is 0 Å². The van der Waals surface area contributed by atoms with Gasteiger partial charge in [-0.05, 0) is 33.9 Å². The van der Waals surface area contributed by atoms with Crippen molar-refractivity contribution in [2.75, 3.05) is 27.2 Å². The zero-order chi connectivity index (χ0) is 8.69. The van der Waals surface area contributed by atoms with Crippen LogP contribution in [-0.4, -0.2) is 37.8 Å². The molecule has 11 heavy (non-hydrogen) atoms. The van der Waals surface area contributed by atoms with E-state index >= 15 is 0 Å². The second-order valence-electron chi connectivity index (χ2n) is 2.95. The van der Waals surface area contributed by atoms with E-state index in [4.69, 9.17) is 0 Å². The minimum absolute atomic E-state index is 0.927. The highest BCUT2D eigenvalue weighted by atomic mass is 15.0. The molecule has 66 valence electrons. The second-order valence-corrected chi connectivity index (χ2v) is 2.95. The van der Waals surface area contributed by atoms with Crippen LogP contribution in [0.2, 0.25) is 0 Å². The van der Waals surface area contributed by atoms with Crippen molar-refractivity contribution in [1.29, 1.82) is 0 Å². The molecule has 0 aliphatic carbocycles. The fraction of sp³-hybridized carbons (Fsp3) is 0.889. The summed E-state index contributed by atoms with van der Waals surface area (Å²) in [5, 5.41) is 0. The molecule has 0 fully saturated rings. The van der Waals surface area contributed by atoms with Crippen LogP contribution in [0.5, 0.6) is 0 Å². The van der Waals surface area contributed by atoms with Gasteiger partial charge in [-0.15, -0.1) is 0 Å². The maximum atomic E-state index is 4.40. The van der Waals surface area contributed by atoms with E-state index in [1.807, 2.05) is 0 Å². The van der Waals surface area contributed by atoms with Gasteiger partial charge in [0.05, 0.1) is 0 Å². The molecule has 0 aromatic rings. The van der Waals surface area contributed by atoms with Crippen LogP contribution >= 0.6 is 0 Å². The number of aliphatic imine (C=N–C) groups is 1.